The summed E-state index contributed by atoms with van der Waals surface area (Å²) >= 11 is 0. The van der Waals surface area contributed by atoms with Crippen LogP contribution in [-0.4, -0.2) is 36.3 Å². The largest absolute Gasteiger partial charge is 0.416 e. The number of ketones is 1. The number of nitrogens with two attached hydrogens (primary N) is 1. The van der Waals surface area contributed by atoms with Crippen LogP contribution in [-0.2, 0) is 6.18 Å². The Kier molecular flexibility index (Phi) is 7.74. The molecule has 0 spiro atoms. The second kappa shape index (κ2) is 9.75. The molecule has 1 aromatic heterocycles. The van der Waals surface area contributed by atoms with Gasteiger partial charge in [0.1, 0.15) is 0 Å². The number of carbonyl (C=O) groups excluding carboxylic acids is 1. The number of nitrogen functional groups attached to an aromatic ring is 1. The Labute approximate surface area is 191 Å². The van der Waals surface area contributed by atoms with Crippen LogP contribution in [0, 0.1) is 6.92 Å². The molecule has 0 amide bonds. The number of anilines is 2. The van der Waals surface area contributed by atoms with Gasteiger partial charge in [-0.15, -0.1) is 12.4 Å². The summed E-state index contributed by atoms with van der Waals surface area (Å²) in [5, 5.41) is 3.99. The molecule has 5 nitrogen and oxygen atoms in total. The molecule has 0 aliphatic carbocycles. The Morgan fingerprint density at radius 1 is 1.16 bits per heavy atom. The molecular formula is C23H26ClF3N4O. The number of hydrogen-bond donors (Lipinski definition) is 2. The van der Waals surface area contributed by atoms with Crippen molar-refractivity contribution in [3.8, 4) is 0 Å². The zero-order valence-electron chi connectivity index (χ0n) is 18.2. The smallest absolute Gasteiger partial charge is 0.399 e. The number of likely N-dealkylation sites (N-methyl/N-ethyl adjacent to an activating group) is 1. The molecule has 0 saturated carbocycles. The van der Waals surface area contributed by atoms with Gasteiger partial charge in [0.2, 0.25) is 0 Å². The number of halogens is 4. The minimum atomic E-state index is -4.48. The van der Waals surface area contributed by atoms with Gasteiger partial charge < -0.3 is 16.0 Å². The highest BCUT2D eigenvalue weighted by molar-refractivity contribution is 6.03. The number of nitrogens with one attached hydrogen (secondary N) is 1. The van der Waals surface area contributed by atoms with E-state index in [1.165, 1.54) is 6.07 Å². The van der Waals surface area contributed by atoms with Gasteiger partial charge in [0, 0.05) is 34.1 Å². The van der Waals surface area contributed by atoms with Gasteiger partial charge in [0.25, 0.3) is 0 Å². The number of aromatic nitrogens is 1. The van der Waals surface area contributed by atoms with Gasteiger partial charge >= 0.3 is 6.18 Å². The first-order valence-electron chi connectivity index (χ1n) is 9.77. The quantitative estimate of drug-likeness (QED) is 0.371. The SMILES string of the molecule is Cc1cc(N[C@H](C)c2cc(N)cc(C(F)(F)F)c2)c2cc(C(=O)CN(C)C)ccc2n1.Cl. The van der Waals surface area contributed by atoms with Crippen LogP contribution >= 0.6 is 12.4 Å². The number of fused-ring (bicyclic) bond motifs is 1. The monoisotopic (exact) mass is 466 g/mol. The summed E-state index contributed by atoms with van der Waals surface area (Å²) in [5.41, 5.74) is 8.06. The van der Waals surface area contributed by atoms with Crippen molar-refractivity contribution < 1.29 is 18.0 Å². The fourth-order valence-corrected chi connectivity index (χ4v) is 3.44. The molecule has 0 fully saturated rings. The molecule has 9 heteroatoms. The number of Topliss-reactive ketones (excluding diaryl/α,β-unsaturated/α-hetero) is 1. The average Bonchev–Trinajstić information content (AvgIpc) is 2.65. The van der Waals surface area contributed by atoms with E-state index in [4.69, 9.17) is 5.73 Å². The van der Waals surface area contributed by atoms with Crippen molar-refractivity contribution in [2.45, 2.75) is 26.1 Å². The Morgan fingerprint density at radius 2 is 1.84 bits per heavy atom. The van der Waals surface area contributed by atoms with Crippen molar-refractivity contribution in [1.82, 2.24) is 9.88 Å². The lowest BCUT2D eigenvalue weighted by molar-refractivity contribution is -0.137. The highest BCUT2D eigenvalue weighted by Crippen LogP contribution is 2.34. The molecule has 1 heterocycles. The van der Waals surface area contributed by atoms with Gasteiger partial charge in [-0.25, -0.2) is 0 Å². The first-order chi connectivity index (χ1) is 14.4. The predicted molar refractivity (Wildman–Crippen MR) is 125 cm³/mol. The molecule has 32 heavy (non-hydrogen) atoms. The van der Waals surface area contributed by atoms with Crippen LogP contribution in [0.2, 0.25) is 0 Å². The molecule has 3 N–H and O–H groups in total. The summed E-state index contributed by atoms with van der Waals surface area (Å²) in [6, 6.07) is 10.2. The summed E-state index contributed by atoms with van der Waals surface area (Å²) in [6.45, 7) is 3.87. The first-order valence-corrected chi connectivity index (χ1v) is 9.77. The number of nitrogens with zero attached hydrogens (tertiary/aromatic N) is 2. The second-order valence-corrected chi connectivity index (χ2v) is 7.96. The van der Waals surface area contributed by atoms with Gasteiger partial charge in [0.05, 0.1) is 17.6 Å². The van der Waals surface area contributed by atoms with Crippen LogP contribution < -0.4 is 11.1 Å². The van der Waals surface area contributed by atoms with Crippen molar-refractivity contribution in [2.24, 2.45) is 0 Å². The van der Waals surface area contributed by atoms with Crippen LogP contribution in [0.1, 0.15) is 40.1 Å². The van der Waals surface area contributed by atoms with E-state index in [1.807, 2.05) is 27.1 Å². The number of aryl methyl sites for hydroxylation is 1. The highest BCUT2D eigenvalue weighted by Gasteiger charge is 2.31. The van der Waals surface area contributed by atoms with E-state index in [-0.39, 0.29) is 30.4 Å². The molecule has 0 aliphatic heterocycles. The third-order valence-corrected chi connectivity index (χ3v) is 4.90. The summed E-state index contributed by atoms with van der Waals surface area (Å²) < 4.78 is 39.6. The average molecular weight is 467 g/mol. The molecule has 0 radical (unpaired) electrons. The van der Waals surface area contributed by atoms with Crippen LogP contribution in [0.4, 0.5) is 24.5 Å². The molecule has 0 bridgehead atoms. The minimum Gasteiger partial charge on any atom is -0.399 e. The molecule has 0 aliphatic rings. The lowest BCUT2D eigenvalue weighted by Crippen LogP contribution is -2.21. The lowest BCUT2D eigenvalue weighted by atomic mass is 10.0. The van der Waals surface area contributed by atoms with E-state index >= 15 is 0 Å². The number of pyridine rings is 1. The second-order valence-electron chi connectivity index (χ2n) is 7.96. The Morgan fingerprint density at radius 3 is 2.47 bits per heavy atom. The Bertz CT molecular complexity index is 1130. The third kappa shape index (κ3) is 5.89. The van der Waals surface area contributed by atoms with Crippen molar-refractivity contribution in [3.05, 3.63) is 64.8 Å². The molecule has 3 rings (SSSR count). The maximum Gasteiger partial charge on any atom is 0.416 e. The van der Waals surface area contributed by atoms with E-state index in [1.54, 1.807) is 30.0 Å². The summed E-state index contributed by atoms with van der Waals surface area (Å²) in [5.74, 6) is -0.0304. The maximum absolute atomic E-state index is 13.2. The van der Waals surface area contributed by atoms with Gasteiger partial charge in [0.15, 0.2) is 5.78 Å². The van der Waals surface area contributed by atoms with Crippen molar-refractivity contribution in [1.29, 1.82) is 0 Å². The molecule has 0 unspecified atom stereocenters. The zero-order valence-corrected chi connectivity index (χ0v) is 19.1. The normalized spacial score (nSPS) is 12.5. The number of alkyl halides is 3. The number of carbonyl (C=O) groups is 1. The van der Waals surface area contributed by atoms with Crippen LogP contribution in [0.3, 0.4) is 0 Å². The number of rotatable bonds is 6. The lowest BCUT2D eigenvalue weighted by Gasteiger charge is -2.20. The number of benzene rings is 2. The van der Waals surface area contributed by atoms with Gasteiger partial charge in [-0.2, -0.15) is 13.2 Å². The molecule has 0 saturated heterocycles. The third-order valence-electron chi connectivity index (χ3n) is 4.90. The molecule has 172 valence electrons. The van der Waals surface area contributed by atoms with Crippen molar-refractivity contribution in [3.63, 3.8) is 0 Å². The zero-order chi connectivity index (χ0) is 22.9. The standard InChI is InChI=1S/C23H25F3N4O.ClH/c1-13-7-21(19-10-15(5-6-20(19)28-13)22(31)12-30(3)4)29-14(2)16-8-17(23(24,25)26)11-18(27)9-16;/h5-11,14H,12,27H2,1-4H3,(H,28,29);1H/t14-;/m1./s1. The van der Waals surface area contributed by atoms with E-state index in [0.29, 0.717) is 22.3 Å². The number of hydrogen-bond acceptors (Lipinski definition) is 5. The maximum atomic E-state index is 13.2. The predicted octanol–water partition coefficient (Wildman–Crippen LogP) is 5.48. The highest BCUT2D eigenvalue weighted by atomic mass is 35.5. The van der Waals surface area contributed by atoms with Gasteiger partial charge in [-0.05, 0) is 76.0 Å². The van der Waals surface area contributed by atoms with Gasteiger partial charge in [-0.1, -0.05) is 0 Å². The van der Waals surface area contributed by atoms with E-state index in [2.05, 4.69) is 10.3 Å². The molecule has 2 aromatic carbocycles. The van der Waals surface area contributed by atoms with E-state index in [9.17, 15) is 18.0 Å². The fourth-order valence-electron chi connectivity index (χ4n) is 3.44. The fraction of sp³-hybridized carbons (Fsp3) is 0.304. The van der Waals surface area contributed by atoms with Crippen molar-refractivity contribution in [2.75, 3.05) is 31.7 Å². The first kappa shape index (κ1) is 25.4. The Balaban J connectivity index is 0.00000363. The minimum absolute atomic E-state index is 0. The van der Waals surface area contributed by atoms with Crippen LogP contribution in [0.25, 0.3) is 10.9 Å². The van der Waals surface area contributed by atoms with Crippen molar-refractivity contribution >= 4 is 40.5 Å². The molecule has 3 aromatic rings. The topological polar surface area (TPSA) is 71.2 Å². The summed E-state index contributed by atoms with van der Waals surface area (Å²) in [6.07, 6.45) is -4.48. The summed E-state index contributed by atoms with van der Waals surface area (Å²) in [7, 11) is 3.64. The Hall–Kier alpha value is -2.84. The van der Waals surface area contributed by atoms with E-state index < -0.39 is 17.8 Å². The van der Waals surface area contributed by atoms with Crippen LogP contribution in [0.15, 0.2) is 42.5 Å². The van der Waals surface area contributed by atoms with Gasteiger partial charge in [-0.3, -0.25) is 9.78 Å². The van der Waals surface area contributed by atoms with E-state index in [0.717, 1.165) is 23.2 Å². The summed E-state index contributed by atoms with van der Waals surface area (Å²) in [4.78, 5) is 18.8. The molecular weight excluding hydrogens is 441 g/mol. The molecule has 1 atom stereocenters. The van der Waals surface area contributed by atoms with Crippen LogP contribution in [0.5, 0.6) is 0 Å².